The zero-order chi connectivity index (χ0) is 19.4. The molecule has 6 heteroatoms. The summed E-state index contributed by atoms with van der Waals surface area (Å²) < 4.78 is 11.8. The van der Waals surface area contributed by atoms with Crippen molar-refractivity contribution in [2.45, 2.75) is 30.5 Å². The second-order valence-electron chi connectivity index (χ2n) is 7.67. The Morgan fingerprint density at radius 3 is 2.17 bits per heavy atom. The maximum absolute atomic E-state index is 13.3. The van der Waals surface area contributed by atoms with Crippen molar-refractivity contribution in [3.63, 3.8) is 0 Å². The molecule has 2 aliphatic rings. The number of halogens is 1. The molecule has 0 radical (unpaired) electrons. The Hall–Kier alpha value is -1.92. The van der Waals surface area contributed by atoms with Gasteiger partial charge in [-0.2, -0.15) is 0 Å². The summed E-state index contributed by atoms with van der Waals surface area (Å²) in [6.45, 7) is 2.92. The molecular formula is C23H29ClN2O3. The fraction of sp³-hybridized carbons (Fsp3) is 0.435. The van der Waals surface area contributed by atoms with E-state index in [0.29, 0.717) is 32.8 Å². The van der Waals surface area contributed by atoms with E-state index < -0.39 is 6.10 Å². The Morgan fingerprint density at radius 1 is 0.966 bits per heavy atom. The molecular weight excluding hydrogens is 388 g/mol. The summed E-state index contributed by atoms with van der Waals surface area (Å²) in [7, 11) is 0. The van der Waals surface area contributed by atoms with Gasteiger partial charge in [0.05, 0.1) is 13.2 Å². The van der Waals surface area contributed by atoms with E-state index in [1.165, 1.54) is 5.56 Å². The smallest absolute Gasteiger partial charge is 0.254 e. The topological polar surface area (TPSA) is 64.8 Å². The number of carbonyl (C=O) groups is 1. The Bertz CT molecular complexity index is 779. The van der Waals surface area contributed by atoms with Gasteiger partial charge in [-0.15, -0.1) is 12.4 Å². The van der Waals surface area contributed by atoms with Gasteiger partial charge in [0.15, 0.2) is 6.10 Å². The van der Waals surface area contributed by atoms with E-state index in [2.05, 4.69) is 24.3 Å². The second-order valence-corrected chi connectivity index (χ2v) is 7.67. The summed E-state index contributed by atoms with van der Waals surface area (Å²) in [5.41, 5.74) is 8.38. The molecule has 0 saturated carbocycles. The molecule has 156 valence electrons. The van der Waals surface area contributed by atoms with Gasteiger partial charge in [0.2, 0.25) is 0 Å². The SMILES string of the molecule is Cl.NCC1(c2ccccc2)CCN(C(=O)[C@@H]2OCCO[C@@H]2c2ccccc2)CC1. The molecule has 2 saturated heterocycles. The van der Waals surface area contributed by atoms with Gasteiger partial charge in [-0.3, -0.25) is 4.79 Å². The van der Waals surface area contributed by atoms with Crippen molar-refractivity contribution in [1.82, 2.24) is 4.90 Å². The van der Waals surface area contributed by atoms with E-state index in [4.69, 9.17) is 15.2 Å². The average molecular weight is 417 g/mol. The molecule has 1 amide bonds. The van der Waals surface area contributed by atoms with Crippen molar-refractivity contribution in [1.29, 1.82) is 0 Å². The molecule has 0 spiro atoms. The van der Waals surface area contributed by atoms with Crippen LogP contribution < -0.4 is 5.73 Å². The van der Waals surface area contributed by atoms with Crippen LogP contribution in [0.5, 0.6) is 0 Å². The van der Waals surface area contributed by atoms with Crippen LogP contribution in [-0.2, 0) is 19.7 Å². The lowest BCUT2D eigenvalue weighted by Gasteiger charge is -2.43. The van der Waals surface area contributed by atoms with E-state index in [1.807, 2.05) is 41.3 Å². The first-order valence-electron chi connectivity index (χ1n) is 10.1. The summed E-state index contributed by atoms with van der Waals surface area (Å²) >= 11 is 0. The molecule has 0 bridgehead atoms. The Balaban J connectivity index is 0.00000240. The number of hydrogen-bond donors (Lipinski definition) is 1. The fourth-order valence-electron chi connectivity index (χ4n) is 4.38. The molecule has 4 rings (SSSR count). The second kappa shape index (κ2) is 9.72. The maximum atomic E-state index is 13.3. The van der Waals surface area contributed by atoms with Gasteiger partial charge in [0.1, 0.15) is 6.10 Å². The van der Waals surface area contributed by atoms with Crippen molar-refractivity contribution >= 4 is 18.3 Å². The molecule has 0 unspecified atom stereocenters. The number of likely N-dealkylation sites (tertiary alicyclic amines) is 1. The molecule has 5 nitrogen and oxygen atoms in total. The van der Waals surface area contributed by atoms with Crippen LogP contribution in [0.4, 0.5) is 0 Å². The summed E-state index contributed by atoms with van der Waals surface area (Å²) in [6, 6.07) is 20.3. The predicted molar refractivity (Wildman–Crippen MR) is 115 cm³/mol. The number of piperidine rings is 1. The van der Waals surface area contributed by atoms with Crippen molar-refractivity contribution in [2.24, 2.45) is 5.73 Å². The molecule has 2 heterocycles. The average Bonchev–Trinajstić information content (AvgIpc) is 2.80. The maximum Gasteiger partial charge on any atom is 0.254 e. The third-order valence-electron chi connectivity index (χ3n) is 6.13. The van der Waals surface area contributed by atoms with Crippen molar-refractivity contribution in [3.05, 3.63) is 71.8 Å². The fourth-order valence-corrected chi connectivity index (χ4v) is 4.38. The summed E-state index contributed by atoms with van der Waals surface area (Å²) in [5, 5.41) is 0. The lowest BCUT2D eigenvalue weighted by atomic mass is 9.73. The standard InChI is InChI=1S/C23H28N2O3.ClH/c24-17-23(19-9-5-2-6-10-19)11-13-25(14-12-23)22(26)21-20(27-15-16-28-21)18-7-3-1-4-8-18;/h1-10,20-21H,11-17,24H2;1H/t20-,21-;/m1./s1. The van der Waals surface area contributed by atoms with Crippen LogP contribution in [0.15, 0.2) is 60.7 Å². The quantitative estimate of drug-likeness (QED) is 0.831. The van der Waals surface area contributed by atoms with E-state index >= 15 is 0 Å². The lowest BCUT2D eigenvalue weighted by Crippen LogP contribution is -2.53. The van der Waals surface area contributed by atoms with Gasteiger partial charge >= 0.3 is 0 Å². The van der Waals surface area contributed by atoms with E-state index in [9.17, 15) is 4.79 Å². The first-order chi connectivity index (χ1) is 13.7. The molecule has 2 fully saturated rings. The molecule has 29 heavy (non-hydrogen) atoms. The van der Waals surface area contributed by atoms with Gasteiger partial charge in [0.25, 0.3) is 5.91 Å². The van der Waals surface area contributed by atoms with Crippen LogP contribution in [0.25, 0.3) is 0 Å². The largest absolute Gasteiger partial charge is 0.368 e. The van der Waals surface area contributed by atoms with Crippen LogP contribution in [0.3, 0.4) is 0 Å². The number of rotatable bonds is 4. The number of carbonyl (C=O) groups excluding carboxylic acids is 1. The minimum Gasteiger partial charge on any atom is -0.368 e. The molecule has 0 aliphatic carbocycles. The third-order valence-corrected chi connectivity index (χ3v) is 6.13. The molecule has 2 aromatic carbocycles. The first kappa shape index (κ1) is 21.8. The Labute approximate surface area is 178 Å². The summed E-state index contributed by atoms with van der Waals surface area (Å²) in [6.07, 6.45) is 0.794. The van der Waals surface area contributed by atoms with Gasteiger partial charge < -0.3 is 20.1 Å². The molecule has 2 atom stereocenters. The van der Waals surface area contributed by atoms with E-state index in [0.717, 1.165) is 18.4 Å². The van der Waals surface area contributed by atoms with Crippen molar-refractivity contribution < 1.29 is 14.3 Å². The molecule has 2 aromatic rings. The van der Waals surface area contributed by atoms with Crippen LogP contribution in [0, 0.1) is 0 Å². The van der Waals surface area contributed by atoms with Gasteiger partial charge in [-0.1, -0.05) is 60.7 Å². The highest BCUT2D eigenvalue weighted by Gasteiger charge is 2.41. The summed E-state index contributed by atoms with van der Waals surface area (Å²) in [4.78, 5) is 15.2. The molecule has 0 aromatic heterocycles. The minimum atomic E-state index is -0.585. The highest BCUT2D eigenvalue weighted by atomic mass is 35.5. The minimum absolute atomic E-state index is 0. The molecule has 2 aliphatic heterocycles. The monoisotopic (exact) mass is 416 g/mol. The first-order valence-corrected chi connectivity index (χ1v) is 10.1. The third kappa shape index (κ3) is 4.48. The summed E-state index contributed by atoms with van der Waals surface area (Å²) in [5.74, 6) is 0.0206. The van der Waals surface area contributed by atoms with Crippen LogP contribution in [0.2, 0.25) is 0 Å². The van der Waals surface area contributed by atoms with E-state index in [-0.39, 0.29) is 29.8 Å². The van der Waals surface area contributed by atoms with Gasteiger partial charge in [0, 0.05) is 25.0 Å². The number of hydrogen-bond acceptors (Lipinski definition) is 4. The van der Waals surface area contributed by atoms with Crippen molar-refractivity contribution in [2.75, 3.05) is 32.8 Å². The van der Waals surface area contributed by atoms with Crippen LogP contribution in [0.1, 0.15) is 30.1 Å². The Morgan fingerprint density at radius 2 is 1.55 bits per heavy atom. The normalized spacial score (nSPS) is 23.8. The van der Waals surface area contributed by atoms with Gasteiger partial charge in [-0.25, -0.2) is 0 Å². The zero-order valence-electron chi connectivity index (χ0n) is 16.5. The van der Waals surface area contributed by atoms with Crippen LogP contribution >= 0.6 is 12.4 Å². The number of ether oxygens (including phenoxy) is 2. The van der Waals surface area contributed by atoms with Crippen molar-refractivity contribution in [3.8, 4) is 0 Å². The Kier molecular flexibility index (Phi) is 7.30. The van der Waals surface area contributed by atoms with E-state index in [1.54, 1.807) is 0 Å². The highest BCUT2D eigenvalue weighted by Crippen LogP contribution is 2.36. The number of nitrogens with two attached hydrogens (primary N) is 1. The number of benzene rings is 2. The number of nitrogens with zero attached hydrogens (tertiary/aromatic N) is 1. The van der Waals surface area contributed by atoms with Crippen LogP contribution in [-0.4, -0.2) is 49.8 Å². The highest BCUT2D eigenvalue weighted by molar-refractivity contribution is 5.85. The molecule has 2 N–H and O–H groups in total. The lowest BCUT2D eigenvalue weighted by molar-refractivity contribution is -0.176. The predicted octanol–water partition coefficient (Wildman–Crippen LogP) is 3.08. The zero-order valence-corrected chi connectivity index (χ0v) is 17.4. The number of amides is 1. The van der Waals surface area contributed by atoms with Gasteiger partial charge in [-0.05, 0) is 24.0 Å².